The standard InChI is InChI=1S/C14H9ClN2O4/c15-11-5-1-3-10(9-11)4-2-8-16-14(18)12-6-7-13(21-12)17(19)20/h1,3,5-7,9H,8H2,(H,16,18). The van der Waals surface area contributed by atoms with Crippen molar-refractivity contribution < 1.29 is 14.1 Å². The Balaban J connectivity index is 1.91. The summed E-state index contributed by atoms with van der Waals surface area (Å²) in [7, 11) is 0. The number of benzene rings is 1. The highest BCUT2D eigenvalue weighted by atomic mass is 35.5. The monoisotopic (exact) mass is 304 g/mol. The number of hydrogen-bond donors (Lipinski definition) is 1. The third-order valence-corrected chi connectivity index (χ3v) is 2.63. The molecule has 0 aliphatic carbocycles. The summed E-state index contributed by atoms with van der Waals surface area (Å²) in [5, 5.41) is 13.5. The highest BCUT2D eigenvalue weighted by Crippen LogP contribution is 2.15. The van der Waals surface area contributed by atoms with Crippen LogP contribution in [0.1, 0.15) is 16.1 Å². The number of carbonyl (C=O) groups excluding carboxylic acids is 1. The van der Waals surface area contributed by atoms with Gasteiger partial charge in [-0.3, -0.25) is 14.9 Å². The van der Waals surface area contributed by atoms with Crippen LogP contribution in [0.25, 0.3) is 0 Å². The minimum atomic E-state index is -0.713. The van der Waals surface area contributed by atoms with Gasteiger partial charge >= 0.3 is 5.88 Å². The van der Waals surface area contributed by atoms with Gasteiger partial charge in [-0.25, -0.2) is 0 Å². The van der Waals surface area contributed by atoms with Gasteiger partial charge in [-0.05, 0) is 24.3 Å². The largest absolute Gasteiger partial charge is 0.433 e. The molecular formula is C14H9ClN2O4. The van der Waals surface area contributed by atoms with Crippen LogP contribution in [0.2, 0.25) is 5.02 Å². The number of carbonyl (C=O) groups is 1. The fourth-order valence-electron chi connectivity index (χ4n) is 1.47. The van der Waals surface area contributed by atoms with Gasteiger partial charge in [-0.2, -0.15) is 0 Å². The molecule has 0 saturated heterocycles. The van der Waals surface area contributed by atoms with Crippen LogP contribution in [0.5, 0.6) is 0 Å². The van der Waals surface area contributed by atoms with E-state index < -0.39 is 16.7 Å². The van der Waals surface area contributed by atoms with E-state index in [2.05, 4.69) is 17.2 Å². The van der Waals surface area contributed by atoms with Crippen molar-refractivity contribution in [2.24, 2.45) is 0 Å². The molecule has 0 saturated carbocycles. The van der Waals surface area contributed by atoms with Crippen molar-refractivity contribution in [2.45, 2.75) is 0 Å². The van der Waals surface area contributed by atoms with E-state index in [1.807, 2.05) is 0 Å². The number of nitrogens with zero attached hydrogens (tertiary/aromatic N) is 1. The summed E-state index contributed by atoms with van der Waals surface area (Å²) in [6.07, 6.45) is 0. The number of rotatable bonds is 3. The molecule has 1 amide bonds. The summed E-state index contributed by atoms with van der Waals surface area (Å²) in [5.41, 5.74) is 0.727. The fraction of sp³-hybridized carbons (Fsp3) is 0.0714. The SMILES string of the molecule is O=C(NCC#Cc1cccc(Cl)c1)c1ccc([N+](=O)[O-])o1. The van der Waals surface area contributed by atoms with Gasteiger partial charge in [-0.15, -0.1) is 0 Å². The number of nitro groups is 1. The molecule has 0 radical (unpaired) electrons. The Morgan fingerprint density at radius 2 is 2.19 bits per heavy atom. The second-order valence-corrected chi connectivity index (χ2v) is 4.33. The third kappa shape index (κ3) is 4.09. The first-order valence-corrected chi connectivity index (χ1v) is 6.21. The molecule has 1 N–H and O–H groups in total. The van der Waals surface area contributed by atoms with Gasteiger partial charge in [0.15, 0.2) is 5.76 Å². The summed E-state index contributed by atoms with van der Waals surface area (Å²) in [5.74, 6) is 4.39. The van der Waals surface area contributed by atoms with Crippen LogP contribution in [0.3, 0.4) is 0 Å². The highest BCUT2D eigenvalue weighted by molar-refractivity contribution is 6.30. The molecule has 0 atom stereocenters. The molecular weight excluding hydrogens is 296 g/mol. The molecule has 1 aromatic carbocycles. The van der Waals surface area contributed by atoms with Gasteiger partial charge in [0.05, 0.1) is 12.6 Å². The molecule has 21 heavy (non-hydrogen) atoms. The summed E-state index contributed by atoms with van der Waals surface area (Å²) in [4.78, 5) is 21.3. The van der Waals surface area contributed by atoms with Crippen LogP contribution in [0, 0.1) is 22.0 Å². The molecule has 106 valence electrons. The van der Waals surface area contributed by atoms with E-state index in [1.165, 1.54) is 6.07 Å². The molecule has 7 heteroatoms. The first-order valence-electron chi connectivity index (χ1n) is 5.83. The van der Waals surface area contributed by atoms with Crippen molar-refractivity contribution in [1.29, 1.82) is 0 Å². The highest BCUT2D eigenvalue weighted by Gasteiger charge is 2.16. The predicted molar refractivity (Wildman–Crippen MR) is 76.0 cm³/mol. The summed E-state index contributed by atoms with van der Waals surface area (Å²) in [6, 6.07) is 9.35. The Kier molecular flexibility index (Phi) is 4.59. The molecule has 0 bridgehead atoms. The molecule has 0 unspecified atom stereocenters. The van der Waals surface area contributed by atoms with E-state index in [0.29, 0.717) is 5.02 Å². The van der Waals surface area contributed by atoms with Crippen molar-refractivity contribution in [3.05, 3.63) is 62.9 Å². The Labute approximate surface area is 124 Å². The van der Waals surface area contributed by atoms with Gasteiger partial charge in [0.2, 0.25) is 0 Å². The maximum absolute atomic E-state index is 11.6. The topological polar surface area (TPSA) is 85.4 Å². The fourth-order valence-corrected chi connectivity index (χ4v) is 1.66. The van der Waals surface area contributed by atoms with Gasteiger partial charge in [-0.1, -0.05) is 29.5 Å². The summed E-state index contributed by atoms with van der Waals surface area (Å²) >= 11 is 5.81. The molecule has 1 heterocycles. The number of amides is 1. The Hall–Kier alpha value is -2.78. The zero-order valence-electron chi connectivity index (χ0n) is 10.6. The van der Waals surface area contributed by atoms with Crippen LogP contribution in [-0.4, -0.2) is 17.4 Å². The lowest BCUT2D eigenvalue weighted by molar-refractivity contribution is -0.402. The summed E-state index contributed by atoms with van der Waals surface area (Å²) in [6.45, 7) is 0.0832. The van der Waals surface area contributed by atoms with Crippen molar-refractivity contribution in [1.82, 2.24) is 5.32 Å². The van der Waals surface area contributed by atoms with E-state index in [0.717, 1.165) is 11.6 Å². The van der Waals surface area contributed by atoms with Crippen LogP contribution in [-0.2, 0) is 0 Å². The third-order valence-electron chi connectivity index (χ3n) is 2.39. The predicted octanol–water partition coefficient (Wildman–Crippen LogP) is 2.62. The maximum Gasteiger partial charge on any atom is 0.433 e. The maximum atomic E-state index is 11.6. The van der Waals surface area contributed by atoms with Crippen LogP contribution in [0.15, 0.2) is 40.8 Å². The molecule has 0 aliphatic heterocycles. The zero-order chi connectivity index (χ0) is 15.2. The second-order valence-electron chi connectivity index (χ2n) is 3.89. The van der Waals surface area contributed by atoms with Crippen LogP contribution < -0.4 is 5.32 Å². The van der Waals surface area contributed by atoms with Gasteiger partial charge < -0.3 is 9.73 Å². The van der Waals surface area contributed by atoms with E-state index in [9.17, 15) is 14.9 Å². The zero-order valence-corrected chi connectivity index (χ0v) is 11.4. The molecule has 1 aromatic heterocycles. The van der Waals surface area contributed by atoms with Gasteiger partial charge in [0, 0.05) is 10.6 Å². The minimum Gasteiger partial charge on any atom is -0.395 e. The average molecular weight is 305 g/mol. The van der Waals surface area contributed by atoms with Gasteiger partial charge in [0.25, 0.3) is 5.91 Å². The lowest BCUT2D eigenvalue weighted by Crippen LogP contribution is -2.23. The van der Waals surface area contributed by atoms with Crippen molar-refractivity contribution in [3.8, 4) is 11.8 Å². The molecule has 0 aliphatic rings. The first kappa shape index (κ1) is 14.6. The number of halogens is 1. The van der Waals surface area contributed by atoms with E-state index in [4.69, 9.17) is 16.0 Å². The Morgan fingerprint density at radius 3 is 2.86 bits per heavy atom. The van der Waals surface area contributed by atoms with Crippen LogP contribution >= 0.6 is 11.6 Å². The van der Waals surface area contributed by atoms with Crippen molar-refractivity contribution in [2.75, 3.05) is 6.54 Å². The summed E-state index contributed by atoms with van der Waals surface area (Å²) < 4.78 is 4.76. The average Bonchev–Trinajstić information content (AvgIpc) is 2.93. The number of furan rings is 1. The lowest BCUT2D eigenvalue weighted by atomic mass is 10.2. The Morgan fingerprint density at radius 1 is 1.38 bits per heavy atom. The quantitative estimate of drug-likeness (QED) is 0.536. The number of nitrogens with one attached hydrogen (secondary N) is 1. The van der Waals surface area contributed by atoms with Crippen molar-refractivity contribution in [3.63, 3.8) is 0 Å². The van der Waals surface area contributed by atoms with Gasteiger partial charge in [0.1, 0.15) is 4.92 Å². The van der Waals surface area contributed by atoms with Crippen molar-refractivity contribution >= 4 is 23.4 Å². The molecule has 2 aromatic rings. The van der Waals surface area contributed by atoms with Crippen LogP contribution in [0.4, 0.5) is 5.88 Å². The van der Waals surface area contributed by atoms with E-state index >= 15 is 0 Å². The minimum absolute atomic E-state index is 0.0832. The Bertz CT molecular complexity index is 743. The van der Waals surface area contributed by atoms with E-state index in [-0.39, 0.29) is 12.3 Å². The van der Waals surface area contributed by atoms with E-state index in [1.54, 1.807) is 24.3 Å². The molecule has 0 fully saturated rings. The lowest BCUT2D eigenvalue weighted by Gasteiger charge is -1.96. The second kappa shape index (κ2) is 6.59. The molecule has 6 nitrogen and oxygen atoms in total. The number of hydrogen-bond acceptors (Lipinski definition) is 4. The normalized spacial score (nSPS) is 9.57. The molecule has 0 spiro atoms. The molecule has 2 rings (SSSR count). The smallest absolute Gasteiger partial charge is 0.395 e. The first-order chi connectivity index (χ1) is 10.1.